The third kappa shape index (κ3) is 4.95. The maximum Gasteiger partial charge on any atom is 0.243 e. The predicted octanol–water partition coefficient (Wildman–Crippen LogP) is 3.70. The van der Waals surface area contributed by atoms with Gasteiger partial charge in [0.05, 0.1) is 10.8 Å². The lowest BCUT2D eigenvalue weighted by molar-refractivity contribution is -0.126. The van der Waals surface area contributed by atoms with E-state index < -0.39 is 10.0 Å². The average molecular weight is 476 g/mol. The van der Waals surface area contributed by atoms with E-state index >= 15 is 0 Å². The van der Waals surface area contributed by atoms with Crippen LogP contribution in [-0.2, 0) is 21.2 Å². The standard InChI is InChI=1S/C24H30ClN3O3S/c1-18-16-19-6-2-3-8-23(19)28(18)15-5-13-26-24(29)20-7-4-14-27(17-20)32(30,31)22-11-9-21(25)10-12-22/h2-3,6,8-12,18,20H,4-5,7,13-17H2,1H3,(H,26,29)/t18-,20-/m0/s1. The second-order valence-corrected chi connectivity index (χ2v) is 11.1. The number of halogens is 1. The minimum absolute atomic E-state index is 0.0594. The summed E-state index contributed by atoms with van der Waals surface area (Å²) in [6.45, 7) is 4.36. The van der Waals surface area contributed by atoms with Crippen LogP contribution in [-0.4, -0.2) is 50.9 Å². The molecule has 0 unspecified atom stereocenters. The lowest BCUT2D eigenvalue weighted by Gasteiger charge is -2.31. The van der Waals surface area contributed by atoms with Crippen LogP contribution in [0.25, 0.3) is 0 Å². The number of amides is 1. The monoisotopic (exact) mass is 475 g/mol. The zero-order chi connectivity index (χ0) is 22.7. The van der Waals surface area contributed by atoms with E-state index in [1.54, 1.807) is 12.1 Å². The third-order valence-electron chi connectivity index (χ3n) is 6.43. The Labute approximate surface area is 195 Å². The molecule has 172 valence electrons. The van der Waals surface area contributed by atoms with Crippen LogP contribution in [0.1, 0.15) is 31.7 Å². The van der Waals surface area contributed by atoms with Crippen LogP contribution in [0, 0.1) is 5.92 Å². The van der Waals surface area contributed by atoms with Crippen molar-refractivity contribution in [1.29, 1.82) is 0 Å². The zero-order valence-corrected chi connectivity index (χ0v) is 19.9. The van der Waals surface area contributed by atoms with Gasteiger partial charge in [-0.2, -0.15) is 4.31 Å². The number of piperidine rings is 1. The molecule has 2 atom stereocenters. The van der Waals surface area contributed by atoms with Gasteiger partial charge in [-0.05, 0) is 68.5 Å². The zero-order valence-electron chi connectivity index (χ0n) is 18.3. The van der Waals surface area contributed by atoms with Crippen molar-refractivity contribution in [1.82, 2.24) is 9.62 Å². The molecule has 4 rings (SSSR count). The summed E-state index contributed by atoms with van der Waals surface area (Å²) in [5.41, 5.74) is 2.68. The molecule has 2 heterocycles. The van der Waals surface area contributed by atoms with Crippen molar-refractivity contribution in [2.45, 2.75) is 43.5 Å². The highest BCUT2D eigenvalue weighted by Crippen LogP contribution is 2.31. The molecule has 2 aliphatic rings. The summed E-state index contributed by atoms with van der Waals surface area (Å²) in [7, 11) is -3.63. The van der Waals surface area contributed by atoms with Crippen LogP contribution in [0.15, 0.2) is 53.4 Å². The number of hydrogen-bond acceptors (Lipinski definition) is 4. The van der Waals surface area contributed by atoms with Crippen molar-refractivity contribution >= 4 is 33.2 Å². The number of nitrogens with one attached hydrogen (secondary N) is 1. The van der Waals surface area contributed by atoms with Gasteiger partial charge >= 0.3 is 0 Å². The average Bonchev–Trinajstić information content (AvgIpc) is 3.12. The number of carbonyl (C=O) groups excluding carboxylic acids is 1. The summed E-state index contributed by atoms with van der Waals surface area (Å²) < 4.78 is 27.3. The summed E-state index contributed by atoms with van der Waals surface area (Å²) in [5.74, 6) is -0.381. The fourth-order valence-electron chi connectivity index (χ4n) is 4.71. The molecule has 6 nitrogen and oxygen atoms in total. The van der Waals surface area contributed by atoms with E-state index in [0.29, 0.717) is 37.0 Å². The van der Waals surface area contributed by atoms with E-state index in [2.05, 4.69) is 41.4 Å². The van der Waals surface area contributed by atoms with Crippen LogP contribution in [0.5, 0.6) is 0 Å². The molecular formula is C24H30ClN3O3S. The van der Waals surface area contributed by atoms with Gasteiger partial charge in [0.25, 0.3) is 0 Å². The van der Waals surface area contributed by atoms with Crippen LogP contribution < -0.4 is 10.2 Å². The summed E-state index contributed by atoms with van der Waals surface area (Å²) >= 11 is 5.88. The van der Waals surface area contributed by atoms with Crippen LogP contribution in [0.2, 0.25) is 5.02 Å². The Balaban J connectivity index is 1.28. The molecule has 2 aromatic rings. The topological polar surface area (TPSA) is 69.7 Å². The Morgan fingerprint density at radius 3 is 2.69 bits per heavy atom. The van der Waals surface area contributed by atoms with Crippen LogP contribution >= 0.6 is 11.6 Å². The lowest BCUT2D eigenvalue weighted by Crippen LogP contribution is -2.45. The van der Waals surface area contributed by atoms with E-state index in [1.165, 1.54) is 27.7 Å². The molecule has 2 aliphatic heterocycles. The van der Waals surface area contributed by atoms with Gasteiger partial charge < -0.3 is 10.2 Å². The number of hydrogen-bond donors (Lipinski definition) is 1. The van der Waals surface area contributed by atoms with Crippen molar-refractivity contribution in [3.8, 4) is 0 Å². The molecule has 0 radical (unpaired) electrons. The Bertz CT molecular complexity index is 1060. The highest BCUT2D eigenvalue weighted by Gasteiger charge is 2.33. The molecule has 1 amide bonds. The van der Waals surface area contributed by atoms with E-state index in [0.717, 1.165) is 19.4 Å². The lowest BCUT2D eigenvalue weighted by atomic mass is 9.99. The normalized spacial score (nSPS) is 21.4. The van der Waals surface area contributed by atoms with Gasteiger partial charge in [0.1, 0.15) is 0 Å². The van der Waals surface area contributed by atoms with Gasteiger partial charge in [0.15, 0.2) is 0 Å². The SMILES string of the molecule is C[C@H]1Cc2ccccc2N1CCCNC(=O)[C@H]1CCCN(S(=O)(=O)c2ccc(Cl)cc2)C1. The highest BCUT2D eigenvalue weighted by atomic mass is 35.5. The molecule has 1 saturated heterocycles. The highest BCUT2D eigenvalue weighted by molar-refractivity contribution is 7.89. The van der Waals surface area contributed by atoms with Crippen molar-refractivity contribution in [3.05, 3.63) is 59.1 Å². The second-order valence-electron chi connectivity index (χ2n) is 8.68. The molecule has 1 fully saturated rings. The summed E-state index contributed by atoms with van der Waals surface area (Å²) in [4.78, 5) is 15.4. The first kappa shape index (κ1) is 23.1. The van der Waals surface area contributed by atoms with Crippen LogP contribution in [0.3, 0.4) is 0 Å². The summed E-state index contributed by atoms with van der Waals surface area (Å²) in [6.07, 6.45) is 3.29. The molecule has 1 N–H and O–H groups in total. The van der Waals surface area contributed by atoms with E-state index in [-0.39, 0.29) is 23.3 Å². The number of fused-ring (bicyclic) bond motifs is 1. The maximum atomic E-state index is 13.0. The Kier molecular flexibility index (Phi) is 7.08. The largest absolute Gasteiger partial charge is 0.368 e. The Morgan fingerprint density at radius 1 is 1.16 bits per heavy atom. The molecule has 0 aromatic heterocycles. The van der Waals surface area contributed by atoms with E-state index in [1.807, 2.05) is 0 Å². The van der Waals surface area contributed by atoms with Crippen molar-refractivity contribution in [3.63, 3.8) is 0 Å². The number of sulfonamides is 1. The van der Waals surface area contributed by atoms with Gasteiger partial charge in [-0.25, -0.2) is 8.42 Å². The number of benzene rings is 2. The molecule has 0 saturated carbocycles. The molecule has 32 heavy (non-hydrogen) atoms. The minimum atomic E-state index is -3.63. The van der Waals surface area contributed by atoms with E-state index in [4.69, 9.17) is 11.6 Å². The summed E-state index contributed by atoms with van der Waals surface area (Å²) in [6, 6.07) is 15.1. The first-order chi connectivity index (χ1) is 15.4. The van der Waals surface area contributed by atoms with Gasteiger partial charge in [-0.1, -0.05) is 29.8 Å². The molecule has 0 spiro atoms. The number of rotatable bonds is 7. The molecule has 0 bridgehead atoms. The second kappa shape index (κ2) is 9.81. The van der Waals surface area contributed by atoms with Crippen LogP contribution in [0.4, 0.5) is 5.69 Å². The number of carbonyl (C=O) groups is 1. The van der Waals surface area contributed by atoms with Crippen molar-refractivity contribution < 1.29 is 13.2 Å². The van der Waals surface area contributed by atoms with E-state index in [9.17, 15) is 13.2 Å². The minimum Gasteiger partial charge on any atom is -0.368 e. The number of anilines is 1. The molecule has 0 aliphatic carbocycles. The molecular weight excluding hydrogens is 446 g/mol. The molecule has 2 aromatic carbocycles. The fraction of sp³-hybridized carbons (Fsp3) is 0.458. The third-order valence-corrected chi connectivity index (χ3v) is 8.56. The van der Waals surface area contributed by atoms with Gasteiger partial charge in [-0.15, -0.1) is 0 Å². The van der Waals surface area contributed by atoms with Gasteiger partial charge in [0.2, 0.25) is 15.9 Å². The first-order valence-corrected chi connectivity index (χ1v) is 13.1. The predicted molar refractivity (Wildman–Crippen MR) is 128 cm³/mol. The first-order valence-electron chi connectivity index (χ1n) is 11.2. The Morgan fingerprint density at radius 2 is 1.91 bits per heavy atom. The Hall–Kier alpha value is -2.09. The fourth-order valence-corrected chi connectivity index (χ4v) is 6.36. The van der Waals surface area contributed by atoms with Gasteiger partial charge in [0, 0.05) is 42.9 Å². The quantitative estimate of drug-likeness (QED) is 0.620. The molecule has 8 heteroatoms. The summed E-state index contributed by atoms with van der Waals surface area (Å²) in [5, 5.41) is 3.52. The number of para-hydroxylation sites is 1. The van der Waals surface area contributed by atoms with Crippen molar-refractivity contribution in [2.24, 2.45) is 5.92 Å². The smallest absolute Gasteiger partial charge is 0.243 e. The number of nitrogens with zero attached hydrogens (tertiary/aromatic N) is 2. The maximum absolute atomic E-state index is 13.0. The van der Waals surface area contributed by atoms with Gasteiger partial charge in [-0.3, -0.25) is 4.79 Å². The van der Waals surface area contributed by atoms with Crippen molar-refractivity contribution in [2.75, 3.05) is 31.1 Å².